The zero-order valence-corrected chi connectivity index (χ0v) is 16.6. The van der Waals surface area contributed by atoms with Gasteiger partial charge >= 0.3 is 5.97 Å². The molecule has 0 amide bonds. The number of aliphatic imine (C=N–C) groups is 1. The van der Waals surface area contributed by atoms with Crippen molar-refractivity contribution in [3.05, 3.63) is 81.9 Å². The van der Waals surface area contributed by atoms with Crippen LogP contribution in [0.15, 0.2) is 53.5 Å². The van der Waals surface area contributed by atoms with E-state index in [1.165, 1.54) is 6.07 Å². The van der Waals surface area contributed by atoms with Crippen molar-refractivity contribution in [2.24, 2.45) is 4.99 Å². The maximum absolute atomic E-state index is 14.5. The van der Waals surface area contributed by atoms with Crippen molar-refractivity contribution in [1.82, 2.24) is 9.78 Å². The number of carbonyl (C=O) groups excluding carboxylic acids is 1. The Morgan fingerprint density at radius 2 is 2.03 bits per heavy atom. The minimum Gasteiger partial charge on any atom is -0.461 e. The van der Waals surface area contributed by atoms with Crippen LogP contribution in [-0.4, -0.2) is 28.1 Å². The summed E-state index contributed by atoms with van der Waals surface area (Å²) in [6, 6.07) is 13.4. The monoisotopic (exact) mass is 411 g/mol. The van der Waals surface area contributed by atoms with E-state index in [2.05, 4.69) is 10.1 Å². The molecule has 0 spiro atoms. The maximum atomic E-state index is 14.5. The number of fused-ring (bicyclic) bond motifs is 3. The Balaban J connectivity index is 1.78. The summed E-state index contributed by atoms with van der Waals surface area (Å²) in [7, 11) is 0. The van der Waals surface area contributed by atoms with Crippen molar-refractivity contribution >= 4 is 23.3 Å². The molecule has 3 aromatic rings. The predicted octanol–water partition coefficient (Wildman–Crippen LogP) is 4.97. The number of esters is 1. The second-order valence-corrected chi connectivity index (χ2v) is 7.16. The van der Waals surface area contributed by atoms with Gasteiger partial charge in [-0.2, -0.15) is 5.10 Å². The molecule has 0 saturated heterocycles. The van der Waals surface area contributed by atoms with Gasteiger partial charge in [-0.15, -0.1) is 0 Å². The minimum atomic E-state index is -0.465. The summed E-state index contributed by atoms with van der Waals surface area (Å²) >= 11 is 6.22. The molecule has 1 aliphatic heterocycles. The number of unbranched alkanes of at least 4 members (excludes halogenated alkanes) is 1. The van der Waals surface area contributed by atoms with Crippen LogP contribution in [0, 0.1) is 5.82 Å². The lowest BCUT2D eigenvalue weighted by Crippen LogP contribution is -2.11. The highest BCUT2D eigenvalue weighted by molar-refractivity contribution is 6.31. The first-order valence-corrected chi connectivity index (χ1v) is 9.82. The Kier molecular flexibility index (Phi) is 5.45. The number of hydrogen-bond donors (Lipinski definition) is 0. The second kappa shape index (κ2) is 8.17. The van der Waals surface area contributed by atoms with Crippen LogP contribution in [0.5, 0.6) is 0 Å². The normalized spacial score (nSPS) is 12.6. The number of carbonyl (C=O) groups is 1. The van der Waals surface area contributed by atoms with E-state index < -0.39 is 5.97 Å². The molecule has 29 heavy (non-hydrogen) atoms. The molecular formula is C22H19ClFN3O2. The van der Waals surface area contributed by atoms with Crippen LogP contribution >= 0.6 is 11.6 Å². The molecule has 2 aromatic carbocycles. The molecule has 0 saturated carbocycles. The van der Waals surface area contributed by atoms with Gasteiger partial charge in [0.1, 0.15) is 5.82 Å². The van der Waals surface area contributed by atoms with Crippen LogP contribution < -0.4 is 0 Å². The number of ether oxygens (including phenoxy) is 1. The Labute approximate surface area is 172 Å². The Morgan fingerprint density at radius 3 is 2.83 bits per heavy atom. The zero-order chi connectivity index (χ0) is 20.4. The lowest BCUT2D eigenvalue weighted by Gasteiger charge is -2.12. The summed E-state index contributed by atoms with van der Waals surface area (Å²) in [5.41, 5.74) is 3.15. The molecule has 0 radical (unpaired) electrons. The molecular weight excluding hydrogens is 393 g/mol. The van der Waals surface area contributed by atoms with E-state index in [9.17, 15) is 9.18 Å². The van der Waals surface area contributed by atoms with E-state index in [1.54, 1.807) is 47.1 Å². The lowest BCUT2D eigenvalue weighted by atomic mass is 10.00. The third-order valence-electron chi connectivity index (χ3n) is 4.69. The van der Waals surface area contributed by atoms with Crippen molar-refractivity contribution in [3.8, 4) is 5.69 Å². The van der Waals surface area contributed by atoms with Crippen LogP contribution in [0.25, 0.3) is 5.69 Å². The van der Waals surface area contributed by atoms with Crippen LogP contribution in [0.3, 0.4) is 0 Å². The van der Waals surface area contributed by atoms with Gasteiger partial charge in [-0.1, -0.05) is 37.1 Å². The van der Waals surface area contributed by atoms with Crippen molar-refractivity contribution < 1.29 is 13.9 Å². The standard InChI is InChI=1S/C22H19ClFN3O2/c1-2-3-10-29-22(28)19-12-15-13-25-21(16-6-4-5-7-18(16)24)17-11-14(23)8-9-20(17)27(15)26-19/h4-9,11-12H,2-3,10,13H2,1H3. The minimum absolute atomic E-state index is 0.224. The second-order valence-electron chi connectivity index (χ2n) is 6.73. The van der Waals surface area contributed by atoms with E-state index >= 15 is 0 Å². The Morgan fingerprint density at radius 1 is 1.21 bits per heavy atom. The Bertz CT molecular complexity index is 1110. The lowest BCUT2D eigenvalue weighted by molar-refractivity contribution is 0.0492. The number of nitrogens with zero attached hydrogens (tertiary/aromatic N) is 3. The van der Waals surface area contributed by atoms with Crippen molar-refractivity contribution in [1.29, 1.82) is 0 Å². The Hall–Kier alpha value is -2.99. The SMILES string of the molecule is CCCCOC(=O)c1cc2n(n1)-c1ccc(Cl)cc1C(c1ccccc1F)=NC2. The topological polar surface area (TPSA) is 56.5 Å². The molecule has 0 fully saturated rings. The van der Waals surface area contributed by atoms with Crippen molar-refractivity contribution in [3.63, 3.8) is 0 Å². The molecule has 0 N–H and O–H groups in total. The largest absolute Gasteiger partial charge is 0.461 e. The molecule has 1 aromatic heterocycles. The number of hydrogen-bond acceptors (Lipinski definition) is 4. The number of rotatable bonds is 5. The summed E-state index contributed by atoms with van der Waals surface area (Å²) in [5, 5.41) is 4.95. The van der Waals surface area contributed by atoms with Crippen LogP contribution in [-0.2, 0) is 11.3 Å². The van der Waals surface area contributed by atoms with E-state index in [0.717, 1.165) is 12.8 Å². The van der Waals surface area contributed by atoms with Crippen LogP contribution in [0.1, 0.15) is 47.1 Å². The van der Waals surface area contributed by atoms with Crippen molar-refractivity contribution in [2.45, 2.75) is 26.3 Å². The molecule has 2 heterocycles. The van der Waals surface area contributed by atoms with Crippen molar-refractivity contribution in [2.75, 3.05) is 6.61 Å². The molecule has 148 valence electrons. The fraction of sp³-hybridized carbons (Fsp3) is 0.227. The quantitative estimate of drug-likeness (QED) is 0.440. The van der Waals surface area contributed by atoms with Crippen LogP contribution in [0.2, 0.25) is 5.02 Å². The first-order chi connectivity index (χ1) is 14.1. The number of benzene rings is 2. The van der Waals surface area contributed by atoms with Crippen LogP contribution in [0.4, 0.5) is 4.39 Å². The summed E-state index contributed by atoms with van der Waals surface area (Å²) in [5.74, 6) is -0.829. The summed E-state index contributed by atoms with van der Waals surface area (Å²) in [6.07, 6.45) is 1.74. The molecule has 0 atom stereocenters. The molecule has 0 unspecified atom stereocenters. The van der Waals surface area contributed by atoms with Gasteiger partial charge < -0.3 is 4.74 Å². The summed E-state index contributed by atoms with van der Waals surface area (Å²) < 4.78 is 21.4. The highest BCUT2D eigenvalue weighted by Gasteiger charge is 2.24. The van der Waals surface area contributed by atoms with E-state index in [1.807, 2.05) is 6.92 Å². The number of halogens is 2. The maximum Gasteiger partial charge on any atom is 0.358 e. The van der Waals surface area contributed by atoms with Gasteiger partial charge in [0.25, 0.3) is 0 Å². The number of aromatic nitrogens is 2. The molecule has 7 heteroatoms. The molecule has 1 aliphatic rings. The average Bonchev–Trinajstić information content (AvgIpc) is 3.08. The van der Waals surface area contributed by atoms with E-state index in [4.69, 9.17) is 16.3 Å². The average molecular weight is 412 g/mol. The molecule has 4 rings (SSSR count). The highest BCUT2D eigenvalue weighted by Crippen LogP contribution is 2.28. The molecule has 0 aliphatic carbocycles. The third kappa shape index (κ3) is 3.80. The van der Waals surface area contributed by atoms with Gasteiger partial charge in [0.15, 0.2) is 5.69 Å². The van der Waals surface area contributed by atoms with Gasteiger partial charge in [-0.3, -0.25) is 4.99 Å². The van der Waals surface area contributed by atoms with Gasteiger partial charge in [0.2, 0.25) is 0 Å². The predicted molar refractivity (Wildman–Crippen MR) is 110 cm³/mol. The van der Waals surface area contributed by atoms with E-state index in [-0.39, 0.29) is 18.1 Å². The first kappa shape index (κ1) is 19.3. The van der Waals surface area contributed by atoms with Gasteiger partial charge in [0, 0.05) is 16.1 Å². The molecule has 5 nitrogen and oxygen atoms in total. The fourth-order valence-electron chi connectivity index (χ4n) is 3.24. The fourth-order valence-corrected chi connectivity index (χ4v) is 3.41. The molecule has 0 bridgehead atoms. The zero-order valence-electron chi connectivity index (χ0n) is 15.9. The first-order valence-electron chi connectivity index (χ1n) is 9.44. The van der Waals surface area contributed by atoms with E-state index in [0.29, 0.717) is 39.8 Å². The third-order valence-corrected chi connectivity index (χ3v) is 4.93. The van der Waals surface area contributed by atoms with Gasteiger partial charge in [-0.05, 0) is 42.8 Å². The van der Waals surface area contributed by atoms with Gasteiger partial charge in [-0.25, -0.2) is 13.9 Å². The smallest absolute Gasteiger partial charge is 0.358 e. The summed E-state index contributed by atoms with van der Waals surface area (Å²) in [6.45, 7) is 2.63. The highest BCUT2D eigenvalue weighted by atomic mass is 35.5. The van der Waals surface area contributed by atoms with Gasteiger partial charge in [0.05, 0.1) is 30.2 Å². The summed E-state index contributed by atoms with van der Waals surface area (Å²) in [4.78, 5) is 16.9.